The summed E-state index contributed by atoms with van der Waals surface area (Å²) >= 11 is 0. The molecule has 0 radical (unpaired) electrons. The SMILES string of the molecule is CN=C(NCCCCN1C(=O)c2ccccc2C1=O)NC1CCCN(c2cnn(C)c2)C1.I. The Kier molecular flexibility index (Phi) is 8.70. The monoisotopic (exact) mass is 565 g/mol. The van der Waals surface area contributed by atoms with Gasteiger partial charge in [0.2, 0.25) is 0 Å². The van der Waals surface area contributed by atoms with E-state index < -0.39 is 0 Å². The number of imide groups is 1. The zero-order chi connectivity index (χ0) is 22.5. The highest BCUT2D eigenvalue weighted by Crippen LogP contribution is 2.22. The molecule has 2 aromatic rings. The van der Waals surface area contributed by atoms with E-state index in [2.05, 4.69) is 25.6 Å². The number of carbonyl (C=O) groups is 2. The largest absolute Gasteiger partial charge is 0.367 e. The third kappa shape index (κ3) is 5.84. The number of aryl methyl sites for hydroxylation is 1. The van der Waals surface area contributed by atoms with Crippen molar-refractivity contribution in [3.8, 4) is 0 Å². The maximum absolute atomic E-state index is 12.4. The lowest BCUT2D eigenvalue weighted by Crippen LogP contribution is -2.51. The number of amides is 2. The van der Waals surface area contributed by atoms with Crippen LogP contribution >= 0.6 is 24.0 Å². The maximum atomic E-state index is 12.4. The van der Waals surface area contributed by atoms with Crippen LogP contribution in [-0.2, 0) is 7.05 Å². The van der Waals surface area contributed by atoms with Crippen molar-refractivity contribution in [2.45, 2.75) is 31.7 Å². The van der Waals surface area contributed by atoms with Crippen molar-refractivity contribution in [3.05, 3.63) is 47.8 Å². The third-order valence-corrected chi connectivity index (χ3v) is 6.02. The smallest absolute Gasteiger partial charge is 0.261 e. The van der Waals surface area contributed by atoms with Gasteiger partial charge in [0.05, 0.1) is 23.0 Å². The predicted molar refractivity (Wildman–Crippen MR) is 139 cm³/mol. The number of aromatic nitrogens is 2. The normalized spacial score (nSPS) is 18.2. The lowest BCUT2D eigenvalue weighted by atomic mass is 10.1. The molecule has 4 rings (SSSR count). The lowest BCUT2D eigenvalue weighted by molar-refractivity contribution is 0.0652. The van der Waals surface area contributed by atoms with Crippen LogP contribution in [-0.4, -0.2) is 71.7 Å². The number of nitrogens with one attached hydrogen (secondary N) is 2. The van der Waals surface area contributed by atoms with Gasteiger partial charge in [-0.1, -0.05) is 12.1 Å². The summed E-state index contributed by atoms with van der Waals surface area (Å²) in [6.45, 7) is 3.10. The van der Waals surface area contributed by atoms with Crippen LogP contribution in [0.3, 0.4) is 0 Å². The van der Waals surface area contributed by atoms with Crippen LogP contribution in [0.25, 0.3) is 0 Å². The number of benzene rings is 1. The molecule has 1 atom stereocenters. The van der Waals surface area contributed by atoms with Gasteiger partial charge in [-0.25, -0.2) is 0 Å². The van der Waals surface area contributed by atoms with Gasteiger partial charge in [0.25, 0.3) is 11.8 Å². The molecule has 33 heavy (non-hydrogen) atoms. The molecule has 1 unspecified atom stereocenters. The van der Waals surface area contributed by atoms with Gasteiger partial charge >= 0.3 is 0 Å². The van der Waals surface area contributed by atoms with Gasteiger partial charge in [-0.2, -0.15) is 5.10 Å². The Hall–Kier alpha value is -2.63. The van der Waals surface area contributed by atoms with Crippen LogP contribution in [0.2, 0.25) is 0 Å². The zero-order valence-corrected chi connectivity index (χ0v) is 21.5. The number of fused-ring (bicyclic) bond motifs is 1. The number of hydrogen-bond acceptors (Lipinski definition) is 5. The van der Waals surface area contributed by atoms with Crippen molar-refractivity contribution in [2.75, 3.05) is 38.1 Å². The molecule has 0 saturated carbocycles. The molecule has 2 N–H and O–H groups in total. The molecule has 2 aliphatic heterocycles. The minimum absolute atomic E-state index is 0. The van der Waals surface area contributed by atoms with Gasteiger partial charge in [0, 0.05) is 52.5 Å². The van der Waals surface area contributed by atoms with Gasteiger partial charge in [-0.3, -0.25) is 24.2 Å². The lowest BCUT2D eigenvalue weighted by Gasteiger charge is -2.34. The molecule has 1 aromatic heterocycles. The summed E-state index contributed by atoms with van der Waals surface area (Å²) < 4.78 is 1.83. The molecule has 1 fully saturated rings. The van der Waals surface area contributed by atoms with Crippen LogP contribution < -0.4 is 15.5 Å². The number of unbranched alkanes of at least 4 members (excludes halogenated alkanes) is 1. The standard InChI is InChI=1S/C23H31N7O2.HI/c1-24-23(27-17-8-7-12-29(15-17)18-14-26-28(2)16-18)25-11-5-6-13-30-21(31)19-9-3-4-10-20(19)22(30)32;/h3-4,9-10,14,16-17H,5-8,11-13,15H2,1-2H3,(H2,24,25,27);1H. The van der Waals surface area contributed by atoms with Crippen molar-refractivity contribution < 1.29 is 9.59 Å². The van der Waals surface area contributed by atoms with E-state index in [1.54, 1.807) is 31.3 Å². The number of carbonyl (C=O) groups excluding carboxylic acids is 2. The summed E-state index contributed by atoms with van der Waals surface area (Å²) in [5.74, 6) is 0.404. The molecule has 9 nitrogen and oxygen atoms in total. The summed E-state index contributed by atoms with van der Waals surface area (Å²) in [7, 11) is 3.71. The first kappa shape index (κ1) is 25.0. The Bertz CT molecular complexity index is 971. The number of rotatable bonds is 7. The van der Waals surface area contributed by atoms with Crippen LogP contribution in [0.15, 0.2) is 41.7 Å². The molecule has 0 aliphatic carbocycles. The molecule has 1 saturated heterocycles. The molecule has 3 heterocycles. The van der Waals surface area contributed by atoms with Gasteiger partial charge in [-0.05, 0) is 37.8 Å². The summed E-state index contributed by atoms with van der Waals surface area (Å²) in [4.78, 5) is 32.9. The number of nitrogens with zero attached hydrogens (tertiary/aromatic N) is 5. The van der Waals surface area contributed by atoms with Crippen molar-refractivity contribution in [1.29, 1.82) is 0 Å². The average molecular weight is 565 g/mol. The number of guanidine groups is 1. The molecule has 0 bridgehead atoms. The topological polar surface area (TPSA) is 94.9 Å². The van der Waals surface area contributed by atoms with Gasteiger partial charge in [0.15, 0.2) is 5.96 Å². The second-order valence-electron chi connectivity index (χ2n) is 8.32. The van der Waals surface area contributed by atoms with E-state index in [4.69, 9.17) is 0 Å². The van der Waals surface area contributed by atoms with Crippen LogP contribution in [0.1, 0.15) is 46.4 Å². The van der Waals surface area contributed by atoms with E-state index in [-0.39, 0.29) is 35.8 Å². The first-order chi connectivity index (χ1) is 15.6. The minimum atomic E-state index is -0.188. The van der Waals surface area contributed by atoms with Crippen molar-refractivity contribution in [2.24, 2.45) is 12.0 Å². The Labute approximate surface area is 211 Å². The fraction of sp³-hybridized carbons (Fsp3) is 0.478. The second kappa shape index (κ2) is 11.5. The predicted octanol–water partition coefficient (Wildman–Crippen LogP) is 2.25. The first-order valence-corrected chi connectivity index (χ1v) is 11.2. The van der Waals surface area contributed by atoms with Crippen LogP contribution in [0.5, 0.6) is 0 Å². The highest BCUT2D eigenvalue weighted by Gasteiger charge is 2.34. The first-order valence-electron chi connectivity index (χ1n) is 11.2. The van der Waals surface area contributed by atoms with E-state index in [0.29, 0.717) is 23.7 Å². The number of anilines is 1. The summed E-state index contributed by atoms with van der Waals surface area (Å²) in [6.07, 6.45) is 7.74. The summed E-state index contributed by atoms with van der Waals surface area (Å²) in [6, 6.07) is 7.32. The molecule has 1 aromatic carbocycles. The fourth-order valence-electron chi connectivity index (χ4n) is 4.33. The fourth-order valence-corrected chi connectivity index (χ4v) is 4.33. The van der Waals surface area contributed by atoms with E-state index in [1.165, 1.54) is 4.90 Å². The second-order valence-corrected chi connectivity index (χ2v) is 8.32. The average Bonchev–Trinajstić information content (AvgIpc) is 3.35. The Morgan fingerprint density at radius 3 is 2.55 bits per heavy atom. The number of halogens is 1. The summed E-state index contributed by atoms with van der Waals surface area (Å²) in [5, 5.41) is 11.2. The zero-order valence-electron chi connectivity index (χ0n) is 19.2. The Morgan fingerprint density at radius 1 is 1.18 bits per heavy atom. The number of piperidine rings is 1. The third-order valence-electron chi connectivity index (χ3n) is 6.02. The van der Waals surface area contributed by atoms with Crippen molar-refractivity contribution in [1.82, 2.24) is 25.3 Å². The van der Waals surface area contributed by atoms with E-state index in [9.17, 15) is 9.59 Å². The van der Waals surface area contributed by atoms with E-state index in [0.717, 1.165) is 57.0 Å². The maximum Gasteiger partial charge on any atom is 0.261 e. The van der Waals surface area contributed by atoms with Crippen LogP contribution in [0, 0.1) is 0 Å². The van der Waals surface area contributed by atoms with Gasteiger partial charge in [-0.15, -0.1) is 24.0 Å². The Balaban J connectivity index is 0.00000306. The molecule has 2 amide bonds. The number of hydrogen-bond donors (Lipinski definition) is 2. The molecule has 10 heteroatoms. The van der Waals surface area contributed by atoms with Gasteiger partial charge < -0.3 is 15.5 Å². The highest BCUT2D eigenvalue weighted by molar-refractivity contribution is 14.0. The molecule has 0 spiro atoms. The Morgan fingerprint density at radius 2 is 1.91 bits per heavy atom. The quantitative estimate of drug-likeness (QED) is 0.176. The number of aliphatic imine (C=N–C) groups is 1. The van der Waals surface area contributed by atoms with Crippen molar-refractivity contribution >= 4 is 47.4 Å². The van der Waals surface area contributed by atoms with Gasteiger partial charge in [0.1, 0.15) is 0 Å². The van der Waals surface area contributed by atoms with Crippen LogP contribution in [0.4, 0.5) is 5.69 Å². The summed E-state index contributed by atoms with van der Waals surface area (Å²) in [5.41, 5.74) is 2.16. The molecular weight excluding hydrogens is 533 g/mol. The van der Waals surface area contributed by atoms with E-state index >= 15 is 0 Å². The molecule has 2 aliphatic rings. The molecule has 178 valence electrons. The highest BCUT2D eigenvalue weighted by atomic mass is 127. The van der Waals surface area contributed by atoms with E-state index in [1.807, 2.05) is 24.1 Å². The minimum Gasteiger partial charge on any atom is -0.367 e. The molecular formula is C23H32IN7O2. The van der Waals surface area contributed by atoms with Crippen molar-refractivity contribution in [3.63, 3.8) is 0 Å².